The molecule has 0 aliphatic carbocycles. The molecule has 0 spiro atoms. The molecule has 0 unspecified atom stereocenters. The van der Waals surface area contributed by atoms with E-state index in [0.717, 1.165) is 0 Å². The fraction of sp³-hybridized carbons (Fsp3) is 0.571. The quantitative estimate of drug-likeness (QED) is 0.102. The van der Waals surface area contributed by atoms with Gasteiger partial charge in [0.25, 0.3) is 11.8 Å². The molecule has 19 nitrogen and oxygen atoms in total. The molecule has 0 aromatic carbocycles. The van der Waals surface area contributed by atoms with Crippen molar-refractivity contribution in [3.63, 3.8) is 0 Å². The van der Waals surface area contributed by atoms with Crippen LogP contribution in [0.2, 0.25) is 0 Å². The van der Waals surface area contributed by atoms with Crippen molar-refractivity contribution < 1.29 is 59.9 Å². The maximum Gasteiger partial charge on any atom is 0.288 e. The highest BCUT2D eigenvalue weighted by Crippen LogP contribution is 2.20. The second kappa shape index (κ2) is 15.0. The number of hydrazine groups is 2. The van der Waals surface area contributed by atoms with Gasteiger partial charge in [-0.2, -0.15) is 0 Å². The maximum atomic E-state index is 12.5. The van der Waals surface area contributed by atoms with Crippen molar-refractivity contribution in [1.29, 1.82) is 0 Å². The van der Waals surface area contributed by atoms with Gasteiger partial charge in [-0.25, -0.2) is 4.98 Å². The van der Waals surface area contributed by atoms with Crippen molar-refractivity contribution in [1.82, 2.24) is 37.3 Å². The number of nitrogens with one attached hydrogen (secondary N) is 6. The number of aliphatic hydroxyl groups excluding tert-OH is 8. The van der Waals surface area contributed by atoms with Gasteiger partial charge in [0.2, 0.25) is 0 Å². The van der Waals surface area contributed by atoms with Gasteiger partial charge < -0.3 is 61.0 Å². The minimum atomic E-state index is -1.64. The van der Waals surface area contributed by atoms with Crippen molar-refractivity contribution in [2.75, 3.05) is 13.2 Å². The predicted molar refractivity (Wildman–Crippen MR) is 144 cm³/mol. The average Bonchev–Trinajstić information content (AvgIpc) is 2.99. The van der Waals surface area contributed by atoms with E-state index in [1.165, 1.54) is 18.2 Å². The van der Waals surface area contributed by atoms with Crippen molar-refractivity contribution in [2.24, 2.45) is 0 Å². The van der Waals surface area contributed by atoms with Gasteiger partial charge in [0.15, 0.2) is 22.7 Å². The van der Waals surface area contributed by atoms with Gasteiger partial charge in [-0.05, 0) is 36.6 Å². The summed E-state index contributed by atoms with van der Waals surface area (Å²) >= 11 is 10.0. The van der Waals surface area contributed by atoms with Gasteiger partial charge in [-0.1, -0.05) is 6.07 Å². The van der Waals surface area contributed by atoms with E-state index in [1.807, 2.05) is 0 Å². The molecule has 3 heterocycles. The topological polar surface area (TPSA) is 300 Å². The Bertz CT molecular complexity index is 1050. The number of pyridine rings is 1. The van der Waals surface area contributed by atoms with Crippen LogP contribution in [-0.2, 0) is 9.47 Å². The lowest BCUT2D eigenvalue weighted by molar-refractivity contribution is -0.232. The SMILES string of the molecule is O=C(NNC(=S)N[C@@H]1O[C@H](CO)[C@H](O)[C@H](O)[C@H]1O)c1cccc(C(=O)NNC(=S)N[C@@H]2O[C@H](CO)[C@H](O)[C@H](O)[C@H]2O)n1. The zero-order chi connectivity index (χ0) is 31.1. The van der Waals surface area contributed by atoms with Gasteiger partial charge in [-0.3, -0.25) is 31.3 Å². The third-order valence-corrected chi connectivity index (χ3v) is 6.56. The Morgan fingerprint density at radius 1 is 0.667 bits per heavy atom. The number of carbonyl (C=O) groups excluding carboxylic acids is 2. The Balaban J connectivity index is 1.48. The molecule has 42 heavy (non-hydrogen) atoms. The van der Waals surface area contributed by atoms with Crippen LogP contribution in [0.25, 0.3) is 0 Å². The number of nitrogens with zero attached hydrogens (tertiary/aromatic N) is 1. The summed E-state index contributed by atoms with van der Waals surface area (Å²) in [5, 5.41) is 82.4. The molecule has 1 aromatic rings. The summed E-state index contributed by atoms with van der Waals surface area (Å²) in [5.74, 6) is -1.68. The second-order valence-corrected chi connectivity index (χ2v) is 9.83. The molecule has 0 bridgehead atoms. The highest BCUT2D eigenvalue weighted by atomic mass is 32.1. The fourth-order valence-electron chi connectivity index (χ4n) is 3.81. The fourth-order valence-corrected chi connectivity index (χ4v) is 4.15. The maximum absolute atomic E-state index is 12.5. The van der Waals surface area contributed by atoms with Gasteiger partial charge in [-0.15, -0.1) is 0 Å². The molecule has 3 rings (SSSR count). The molecule has 2 aliphatic heterocycles. The standard InChI is InChI=1S/C21H31N7O12S2/c29-4-8-10(31)12(33)14(35)18(39-8)23-20(41)27-25-16(37)6-2-1-3-7(22-6)17(38)26-28-21(42)24-19-15(36)13(34)11(32)9(5-30)40-19/h1-3,8-15,18-19,29-36H,4-5H2,(H,25,37)(H,26,38)(H2,23,27,41)(H2,24,28,42)/t8-,9-,10+,11+,12+,13+,14-,15-,18-,19-/m1/s1. The van der Waals surface area contributed by atoms with E-state index >= 15 is 0 Å². The van der Waals surface area contributed by atoms with Crippen molar-refractivity contribution >= 4 is 46.5 Å². The molecule has 2 amide bonds. The summed E-state index contributed by atoms with van der Waals surface area (Å²) < 4.78 is 10.5. The molecule has 2 aliphatic rings. The van der Waals surface area contributed by atoms with E-state index in [-0.39, 0.29) is 21.6 Å². The molecule has 0 radical (unpaired) electrons. The lowest BCUT2D eigenvalue weighted by atomic mass is 9.98. The van der Waals surface area contributed by atoms with Gasteiger partial charge in [0, 0.05) is 0 Å². The van der Waals surface area contributed by atoms with Crippen molar-refractivity contribution in [3.05, 3.63) is 29.6 Å². The van der Waals surface area contributed by atoms with E-state index in [2.05, 4.69) is 37.3 Å². The lowest BCUT2D eigenvalue weighted by Crippen LogP contribution is -2.64. The van der Waals surface area contributed by atoms with Crippen LogP contribution in [0.5, 0.6) is 0 Å². The first-order chi connectivity index (χ1) is 19.9. The third-order valence-electron chi connectivity index (χ3n) is 6.12. The van der Waals surface area contributed by atoms with Gasteiger partial charge in [0.1, 0.15) is 60.2 Å². The Labute approximate surface area is 247 Å². The zero-order valence-corrected chi connectivity index (χ0v) is 23.0. The number of hydrogen-bond donors (Lipinski definition) is 14. The van der Waals surface area contributed by atoms with Crippen LogP contribution >= 0.6 is 24.4 Å². The summed E-state index contributed by atoms with van der Waals surface area (Å²) in [6.45, 7) is -1.29. The summed E-state index contributed by atoms with van der Waals surface area (Å²) in [6, 6.07) is 3.91. The molecule has 1 aromatic heterocycles. The largest absolute Gasteiger partial charge is 0.394 e. The third kappa shape index (κ3) is 8.12. The Morgan fingerprint density at radius 3 is 1.40 bits per heavy atom. The first-order valence-corrected chi connectivity index (χ1v) is 13.0. The van der Waals surface area contributed by atoms with Gasteiger partial charge >= 0.3 is 0 Å². The molecule has 10 atom stereocenters. The Morgan fingerprint density at radius 2 is 1.05 bits per heavy atom. The first kappa shape index (κ1) is 33.6. The Kier molecular flexibility index (Phi) is 12.0. The highest BCUT2D eigenvalue weighted by Gasteiger charge is 2.44. The minimum absolute atomic E-state index is 0.229. The number of hydrogen-bond acceptors (Lipinski definition) is 15. The van der Waals surface area contributed by atoms with E-state index in [4.69, 9.17) is 33.9 Å². The molecule has 234 valence electrons. The average molecular weight is 638 g/mol. The molecular weight excluding hydrogens is 606 g/mol. The van der Waals surface area contributed by atoms with Gasteiger partial charge in [0.05, 0.1) is 13.2 Å². The van der Waals surface area contributed by atoms with Crippen LogP contribution in [0.4, 0.5) is 0 Å². The number of amides is 2. The van der Waals surface area contributed by atoms with E-state index in [0.29, 0.717) is 0 Å². The molecule has 0 saturated carbocycles. The number of carbonyl (C=O) groups is 2. The molecule has 2 fully saturated rings. The van der Waals surface area contributed by atoms with Crippen LogP contribution in [0.3, 0.4) is 0 Å². The number of thiocarbonyl (C=S) groups is 2. The van der Waals surface area contributed by atoms with E-state index in [9.17, 15) is 50.4 Å². The lowest BCUT2D eigenvalue weighted by Gasteiger charge is -2.40. The van der Waals surface area contributed by atoms with Crippen molar-refractivity contribution in [2.45, 2.75) is 61.3 Å². The van der Waals surface area contributed by atoms with Crippen molar-refractivity contribution in [3.8, 4) is 0 Å². The van der Waals surface area contributed by atoms with Crippen LogP contribution in [0.1, 0.15) is 21.0 Å². The van der Waals surface area contributed by atoms with Crippen LogP contribution < -0.4 is 32.3 Å². The first-order valence-electron chi connectivity index (χ1n) is 12.2. The molecule has 14 N–H and O–H groups in total. The smallest absolute Gasteiger partial charge is 0.288 e. The van der Waals surface area contributed by atoms with Crippen LogP contribution in [0.15, 0.2) is 18.2 Å². The second-order valence-electron chi connectivity index (χ2n) is 9.01. The highest BCUT2D eigenvalue weighted by molar-refractivity contribution is 7.80. The Hall–Kier alpha value is -2.93. The number of aromatic nitrogens is 1. The molecular formula is C21H31N7O12S2. The number of ether oxygens (including phenoxy) is 2. The van der Waals surface area contributed by atoms with E-state index < -0.39 is 86.3 Å². The summed E-state index contributed by atoms with van der Waals surface area (Å²) in [5.41, 5.74) is 8.58. The van der Waals surface area contributed by atoms with Crippen LogP contribution in [-0.4, -0.2) is 142 Å². The normalized spacial score (nSPS) is 32.7. The number of rotatable bonds is 6. The summed E-state index contributed by atoms with van der Waals surface area (Å²) in [6.07, 6.45) is -14.7. The summed E-state index contributed by atoms with van der Waals surface area (Å²) in [4.78, 5) is 28.9. The molecule has 21 heteroatoms. The minimum Gasteiger partial charge on any atom is -0.394 e. The molecule has 2 saturated heterocycles. The van der Waals surface area contributed by atoms with E-state index in [1.54, 1.807) is 0 Å². The number of aliphatic hydroxyl groups is 8. The summed E-state index contributed by atoms with van der Waals surface area (Å²) in [7, 11) is 0. The zero-order valence-electron chi connectivity index (χ0n) is 21.4. The monoisotopic (exact) mass is 637 g/mol. The van der Waals surface area contributed by atoms with Crippen LogP contribution in [0, 0.1) is 0 Å². The predicted octanol–water partition coefficient (Wildman–Crippen LogP) is -7.10.